The van der Waals surface area contributed by atoms with Crippen LogP contribution >= 0.6 is 0 Å². The summed E-state index contributed by atoms with van der Waals surface area (Å²) in [5.74, 6) is 2.48. The molecule has 0 aromatic heterocycles. The van der Waals surface area contributed by atoms with E-state index < -0.39 is 0 Å². The van der Waals surface area contributed by atoms with Gasteiger partial charge in [-0.25, -0.2) is 5.43 Å². The molecule has 0 radical (unpaired) electrons. The molecule has 0 atom stereocenters. The third-order valence-electron chi connectivity index (χ3n) is 1.08. The Bertz CT molecular complexity index is 188. The zero-order valence-electron chi connectivity index (χ0n) is 5.62. The molecule has 0 aromatic rings. The molecule has 0 saturated carbocycles. The summed E-state index contributed by atoms with van der Waals surface area (Å²) in [6.07, 6.45) is 10.5. The van der Waals surface area contributed by atoms with Crippen LogP contribution in [-0.4, -0.2) is 24.4 Å². The molecule has 1 aliphatic rings. The highest BCUT2D eigenvalue weighted by Crippen LogP contribution is 1.88. The van der Waals surface area contributed by atoms with Gasteiger partial charge in [0.25, 0.3) is 0 Å². The van der Waals surface area contributed by atoms with Gasteiger partial charge < -0.3 is 0 Å². The van der Waals surface area contributed by atoms with Crippen LogP contribution in [0.25, 0.3) is 0 Å². The van der Waals surface area contributed by atoms with Crippen LogP contribution in [0.3, 0.4) is 0 Å². The molecule has 3 heteroatoms. The highest BCUT2D eigenvalue weighted by Gasteiger charge is 1.95. The van der Waals surface area contributed by atoms with Crippen molar-refractivity contribution in [1.29, 1.82) is 0 Å². The molecular weight excluding hydrogens is 126 g/mol. The minimum Gasteiger partial charge on any atom is -0.293 e. The summed E-state index contributed by atoms with van der Waals surface area (Å²) >= 11 is 0. The first-order valence-corrected chi connectivity index (χ1v) is 3.03. The zero-order chi connectivity index (χ0) is 7.23. The van der Waals surface area contributed by atoms with Crippen LogP contribution in [0.4, 0.5) is 0 Å². The van der Waals surface area contributed by atoms with Crippen LogP contribution < -0.4 is 5.43 Å². The molecule has 52 valence electrons. The number of nitrogens with one attached hydrogen (secondary N) is 1. The fourth-order valence-corrected chi connectivity index (χ4v) is 0.635. The van der Waals surface area contributed by atoms with Crippen molar-refractivity contribution in [3.8, 4) is 12.3 Å². The number of hydrogen-bond acceptors (Lipinski definition) is 3. The number of nitrogens with zero attached hydrogens (tertiary/aromatic N) is 2. The maximum Gasteiger partial charge on any atom is 0.124 e. The van der Waals surface area contributed by atoms with E-state index in [-0.39, 0.29) is 0 Å². The lowest BCUT2D eigenvalue weighted by Crippen LogP contribution is -2.34. The van der Waals surface area contributed by atoms with Crippen molar-refractivity contribution in [3.05, 3.63) is 12.3 Å². The van der Waals surface area contributed by atoms with E-state index in [0.29, 0.717) is 13.2 Å². The number of terminal acetylenes is 1. The van der Waals surface area contributed by atoms with Crippen molar-refractivity contribution >= 4 is 6.21 Å². The van der Waals surface area contributed by atoms with E-state index in [1.165, 1.54) is 0 Å². The van der Waals surface area contributed by atoms with Gasteiger partial charge in [0.2, 0.25) is 0 Å². The molecule has 1 N–H and O–H groups in total. The van der Waals surface area contributed by atoms with Gasteiger partial charge >= 0.3 is 0 Å². The van der Waals surface area contributed by atoms with Crippen LogP contribution in [-0.2, 0) is 0 Å². The number of hydrazine groups is 1. The lowest BCUT2D eigenvalue weighted by Gasteiger charge is -2.18. The second-order valence-electron chi connectivity index (χ2n) is 1.82. The van der Waals surface area contributed by atoms with E-state index in [1.54, 1.807) is 6.21 Å². The average molecular weight is 135 g/mol. The van der Waals surface area contributed by atoms with Crippen LogP contribution in [0, 0.1) is 12.3 Å². The SMILES string of the molecule is C#CCNN1C=CC=NC1. The number of rotatable bonds is 2. The summed E-state index contributed by atoms with van der Waals surface area (Å²) in [5, 5.41) is 1.83. The molecule has 10 heavy (non-hydrogen) atoms. The Hall–Kier alpha value is -1.27. The van der Waals surface area contributed by atoms with Crippen molar-refractivity contribution in [2.75, 3.05) is 13.2 Å². The minimum absolute atomic E-state index is 0.542. The summed E-state index contributed by atoms with van der Waals surface area (Å²) in [4.78, 5) is 3.99. The van der Waals surface area contributed by atoms with Crippen molar-refractivity contribution in [3.63, 3.8) is 0 Å². The Labute approximate surface area is 60.4 Å². The van der Waals surface area contributed by atoms with E-state index >= 15 is 0 Å². The number of aliphatic imine (C=N–C) groups is 1. The monoisotopic (exact) mass is 135 g/mol. The van der Waals surface area contributed by atoms with E-state index in [9.17, 15) is 0 Å². The highest BCUT2D eigenvalue weighted by atomic mass is 15.5. The van der Waals surface area contributed by atoms with Gasteiger partial charge in [-0.15, -0.1) is 6.42 Å². The maximum absolute atomic E-state index is 5.04. The lowest BCUT2D eigenvalue weighted by molar-refractivity contribution is 0.294. The maximum atomic E-state index is 5.04. The molecule has 0 saturated heterocycles. The van der Waals surface area contributed by atoms with Crippen LogP contribution in [0.5, 0.6) is 0 Å². The minimum atomic E-state index is 0.542. The molecule has 1 rings (SSSR count). The summed E-state index contributed by atoms with van der Waals surface area (Å²) in [6, 6.07) is 0. The van der Waals surface area contributed by atoms with Crippen LogP contribution in [0.2, 0.25) is 0 Å². The van der Waals surface area contributed by atoms with Gasteiger partial charge in [0.1, 0.15) is 6.67 Å². The van der Waals surface area contributed by atoms with Crippen LogP contribution in [0.1, 0.15) is 0 Å². The molecule has 0 aromatic carbocycles. The highest BCUT2D eigenvalue weighted by molar-refractivity contribution is 5.71. The van der Waals surface area contributed by atoms with Gasteiger partial charge in [-0.3, -0.25) is 10.0 Å². The topological polar surface area (TPSA) is 27.6 Å². The Kier molecular flexibility index (Phi) is 2.53. The number of hydrogen-bond donors (Lipinski definition) is 1. The quantitative estimate of drug-likeness (QED) is 0.539. The Morgan fingerprint density at radius 2 is 2.70 bits per heavy atom. The van der Waals surface area contributed by atoms with Gasteiger partial charge in [-0.05, 0) is 6.08 Å². The summed E-state index contributed by atoms with van der Waals surface area (Å²) < 4.78 is 0. The van der Waals surface area contributed by atoms with Gasteiger partial charge in [0.05, 0.1) is 6.54 Å². The van der Waals surface area contributed by atoms with E-state index in [2.05, 4.69) is 16.3 Å². The summed E-state index contributed by atoms with van der Waals surface area (Å²) in [7, 11) is 0. The Morgan fingerprint density at radius 3 is 3.30 bits per heavy atom. The van der Waals surface area contributed by atoms with Gasteiger partial charge in [-0.2, -0.15) is 0 Å². The first-order valence-electron chi connectivity index (χ1n) is 3.03. The first-order chi connectivity index (χ1) is 4.93. The fourth-order valence-electron chi connectivity index (χ4n) is 0.635. The third-order valence-corrected chi connectivity index (χ3v) is 1.08. The average Bonchev–Trinajstić information content (AvgIpc) is 2.03. The smallest absolute Gasteiger partial charge is 0.124 e. The van der Waals surface area contributed by atoms with Gasteiger partial charge in [-0.1, -0.05) is 5.92 Å². The van der Waals surface area contributed by atoms with Crippen molar-refractivity contribution in [2.45, 2.75) is 0 Å². The van der Waals surface area contributed by atoms with E-state index in [0.717, 1.165) is 0 Å². The van der Waals surface area contributed by atoms with E-state index in [1.807, 2.05) is 17.3 Å². The molecule has 0 fully saturated rings. The largest absolute Gasteiger partial charge is 0.293 e. The molecule has 0 amide bonds. The molecule has 1 heterocycles. The Morgan fingerprint density at radius 1 is 1.80 bits per heavy atom. The number of allylic oxidation sites excluding steroid dienone is 1. The molecule has 0 spiro atoms. The van der Waals surface area contributed by atoms with Crippen LogP contribution in [0.15, 0.2) is 17.3 Å². The lowest BCUT2D eigenvalue weighted by atomic mass is 10.6. The zero-order valence-corrected chi connectivity index (χ0v) is 5.62. The van der Waals surface area contributed by atoms with Crippen molar-refractivity contribution < 1.29 is 0 Å². The fraction of sp³-hybridized carbons (Fsp3) is 0.286. The molecule has 0 bridgehead atoms. The third kappa shape index (κ3) is 1.92. The normalized spacial score (nSPS) is 15.3. The second kappa shape index (κ2) is 3.70. The first kappa shape index (κ1) is 6.84. The van der Waals surface area contributed by atoms with E-state index in [4.69, 9.17) is 6.42 Å². The predicted molar refractivity (Wildman–Crippen MR) is 41.2 cm³/mol. The molecular formula is C7H9N3. The van der Waals surface area contributed by atoms with Crippen molar-refractivity contribution in [1.82, 2.24) is 10.4 Å². The summed E-state index contributed by atoms with van der Waals surface area (Å²) in [6.45, 7) is 1.18. The van der Waals surface area contributed by atoms with Gasteiger partial charge in [0, 0.05) is 12.4 Å². The predicted octanol–water partition coefficient (Wildman–Crippen LogP) is -0.0182. The van der Waals surface area contributed by atoms with Crippen molar-refractivity contribution in [2.24, 2.45) is 4.99 Å². The molecule has 0 unspecified atom stereocenters. The molecule has 0 aliphatic carbocycles. The standard InChI is InChI=1S/C7H9N3/c1-2-4-9-10-6-3-5-8-7-10/h1,3,5-6,9H,4,7H2. The van der Waals surface area contributed by atoms with Gasteiger partial charge in [0.15, 0.2) is 0 Å². The second-order valence-corrected chi connectivity index (χ2v) is 1.82. The molecule has 3 nitrogen and oxygen atoms in total. The molecule has 1 aliphatic heterocycles. The summed E-state index contributed by atoms with van der Waals surface area (Å²) in [5.41, 5.74) is 2.97. The Balaban J connectivity index is 2.25.